The molecule has 4 rings (SSSR count). The van der Waals surface area contributed by atoms with Gasteiger partial charge in [0.25, 0.3) is 0 Å². The Morgan fingerprint density at radius 1 is 1.14 bits per heavy atom. The first-order chi connectivity index (χ1) is 13.6. The van der Waals surface area contributed by atoms with Crippen LogP contribution in [0.1, 0.15) is 35.6 Å². The van der Waals surface area contributed by atoms with E-state index in [4.69, 9.17) is 14.5 Å². The summed E-state index contributed by atoms with van der Waals surface area (Å²) in [6.45, 7) is 2.76. The molecule has 2 atom stereocenters. The Labute approximate surface area is 166 Å². The van der Waals surface area contributed by atoms with Crippen LogP contribution in [0.4, 0.5) is 4.39 Å². The molecule has 4 nitrogen and oxygen atoms in total. The number of aliphatic imine (C=N–C) groups is 1. The van der Waals surface area contributed by atoms with Crippen molar-refractivity contribution >= 4 is 6.34 Å². The van der Waals surface area contributed by atoms with Crippen LogP contribution in [0.15, 0.2) is 53.5 Å². The van der Waals surface area contributed by atoms with Crippen LogP contribution < -0.4 is 0 Å². The number of hydrogen-bond acceptors (Lipinski definition) is 4. The van der Waals surface area contributed by atoms with E-state index in [1.54, 1.807) is 20.3 Å². The lowest BCUT2D eigenvalue weighted by molar-refractivity contribution is -0.159. The highest BCUT2D eigenvalue weighted by Gasteiger charge is 2.55. The molecule has 0 spiro atoms. The summed E-state index contributed by atoms with van der Waals surface area (Å²) >= 11 is 0. The van der Waals surface area contributed by atoms with Crippen LogP contribution in [0.2, 0.25) is 0 Å². The molecule has 0 amide bonds. The predicted molar refractivity (Wildman–Crippen MR) is 108 cm³/mol. The third kappa shape index (κ3) is 3.23. The van der Waals surface area contributed by atoms with Gasteiger partial charge in [0.15, 0.2) is 11.8 Å². The van der Waals surface area contributed by atoms with Gasteiger partial charge in [-0.25, -0.2) is 4.39 Å². The van der Waals surface area contributed by atoms with Crippen LogP contribution in [-0.4, -0.2) is 38.3 Å². The molecular formula is C23H27FN2O2. The topological polar surface area (TPSA) is 34.1 Å². The second kappa shape index (κ2) is 7.64. The van der Waals surface area contributed by atoms with E-state index < -0.39 is 11.8 Å². The Bertz CT molecular complexity index is 849. The SMILES string of the molecule is COC(OC)C1(c2ccccc2)N=CN(CC2CC2)C1c1ccc(C)cc1F. The molecule has 2 aromatic rings. The monoisotopic (exact) mass is 382 g/mol. The molecule has 2 aliphatic rings. The summed E-state index contributed by atoms with van der Waals surface area (Å²) in [6, 6.07) is 15.0. The van der Waals surface area contributed by atoms with E-state index in [2.05, 4.69) is 4.90 Å². The van der Waals surface area contributed by atoms with Gasteiger partial charge in [-0.15, -0.1) is 0 Å². The van der Waals surface area contributed by atoms with Gasteiger partial charge in [-0.05, 0) is 42.9 Å². The molecule has 0 radical (unpaired) electrons. The normalized spacial score (nSPS) is 24.3. The van der Waals surface area contributed by atoms with Crippen LogP contribution in [0.5, 0.6) is 0 Å². The van der Waals surface area contributed by atoms with Gasteiger partial charge in [-0.2, -0.15) is 0 Å². The molecule has 1 aliphatic carbocycles. The Morgan fingerprint density at radius 3 is 2.46 bits per heavy atom. The van der Waals surface area contributed by atoms with Crippen molar-refractivity contribution in [2.75, 3.05) is 20.8 Å². The Kier molecular flexibility index (Phi) is 5.21. The van der Waals surface area contributed by atoms with Gasteiger partial charge in [0.05, 0.1) is 12.4 Å². The highest BCUT2D eigenvalue weighted by Crippen LogP contribution is 2.50. The van der Waals surface area contributed by atoms with Crippen molar-refractivity contribution in [3.63, 3.8) is 0 Å². The van der Waals surface area contributed by atoms with Gasteiger partial charge in [0.1, 0.15) is 5.82 Å². The maximum absolute atomic E-state index is 15.2. The molecule has 1 fully saturated rings. The Morgan fingerprint density at radius 2 is 1.86 bits per heavy atom. The molecule has 0 aromatic heterocycles. The second-order valence-corrected chi connectivity index (χ2v) is 7.81. The van der Waals surface area contributed by atoms with Crippen LogP contribution in [-0.2, 0) is 15.0 Å². The summed E-state index contributed by atoms with van der Waals surface area (Å²) in [5.41, 5.74) is 1.57. The number of methoxy groups -OCH3 is 2. The smallest absolute Gasteiger partial charge is 0.188 e. The zero-order chi connectivity index (χ0) is 19.7. The minimum absolute atomic E-state index is 0.220. The molecule has 148 valence electrons. The fraction of sp³-hybridized carbons (Fsp3) is 0.435. The number of halogens is 1. The highest BCUT2D eigenvalue weighted by molar-refractivity contribution is 5.63. The molecule has 1 heterocycles. The molecule has 28 heavy (non-hydrogen) atoms. The second-order valence-electron chi connectivity index (χ2n) is 7.81. The van der Waals surface area contributed by atoms with Crippen LogP contribution in [0.25, 0.3) is 0 Å². The molecule has 0 N–H and O–H groups in total. The first-order valence-corrected chi connectivity index (χ1v) is 9.78. The molecule has 2 unspecified atom stereocenters. The van der Waals surface area contributed by atoms with E-state index in [0.717, 1.165) is 17.7 Å². The largest absolute Gasteiger partial charge is 0.353 e. The number of hydrogen-bond donors (Lipinski definition) is 0. The number of benzene rings is 2. The van der Waals surface area contributed by atoms with Gasteiger partial charge in [-0.3, -0.25) is 4.99 Å². The van der Waals surface area contributed by atoms with Crippen LogP contribution >= 0.6 is 0 Å². The summed E-state index contributed by atoms with van der Waals surface area (Å²) in [5, 5.41) is 0. The molecule has 2 aromatic carbocycles. The van der Waals surface area contributed by atoms with Crippen LogP contribution in [0.3, 0.4) is 0 Å². The lowest BCUT2D eigenvalue weighted by atomic mass is 9.78. The number of ether oxygens (including phenoxy) is 2. The molecular weight excluding hydrogens is 355 g/mol. The number of aryl methyl sites for hydroxylation is 1. The average Bonchev–Trinajstić information content (AvgIpc) is 3.45. The quantitative estimate of drug-likeness (QED) is 0.664. The maximum Gasteiger partial charge on any atom is 0.188 e. The predicted octanol–water partition coefficient (Wildman–Crippen LogP) is 4.44. The highest BCUT2D eigenvalue weighted by atomic mass is 19.1. The van der Waals surface area contributed by atoms with E-state index in [1.165, 1.54) is 12.8 Å². The summed E-state index contributed by atoms with van der Waals surface area (Å²) in [4.78, 5) is 7.12. The fourth-order valence-corrected chi connectivity index (χ4v) is 4.30. The van der Waals surface area contributed by atoms with Crippen molar-refractivity contribution in [1.82, 2.24) is 4.90 Å². The fourth-order valence-electron chi connectivity index (χ4n) is 4.30. The van der Waals surface area contributed by atoms with Crippen LogP contribution in [0, 0.1) is 18.7 Å². The maximum atomic E-state index is 15.2. The standard InChI is InChI=1S/C23H27FN2O2/c1-16-9-12-19(20(24)13-16)21-23(22(27-2)28-3,18-7-5-4-6-8-18)25-15-26(21)14-17-10-11-17/h4-9,12-13,15,17,21-22H,10-11,14H2,1-3H3. The Balaban J connectivity index is 1.89. The zero-order valence-electron chi connectivity index (χ0n) is 16.6. The van der Waals surface area contributed by atoms with Gasteiger partial charge in [-0.1, -0.05) is 42.5 Å². The van der Waals surface area contributed by atoms with E-state index >= 15 is 4.39 Å². The summed E-state index contributed by atoms with van der Waals surface area (Å²) in [5.74, 6) is 0.417. The summed E-state index contributed by atoms with van der Waals surface area (Å²) in [6.07, 6.45) is 3.63. The lowest BCUT2D eigenvalue weighted by Crippen LogP contribution is -2.47. The molecule has 0 bridgehead atoms. The first-order valence-electron chi connectivity index (χ1n) is 9.78. The third-order valence-electron chi connectivity index (χ3n) is 5.81. The first kappa shape index (κ1) is 19.1. The van der Waals surface area contributed by atoms with Crippen molar-refractivity contribution < 1.29 is 13.9 Å². The zero-order valence-corrected chi connectivity index (χ0v) is 16.6. The van der Waals surface area contributed by atoms with Gasteiger partial charge >= 0.3 is 0 Å². The molecule has 1 aliphatic heterocycles. The van der Waals surface area contributed by atoms with E-state index in [-0.39, 0.29) is 11.9 Å². The minimum Gasteiger partial charge on any atom is -0.353 e. The van der Waals surface area contributed by atoms with Gasteiger partial charge in [0.2, 0.25) is 0 Å². The van der Waals surface area contributed by atoms with Crippen molar-refractivity contribution in [3.05, 3.63) is 71.0 Å². The van der Waals surface area contributed by atoms with Crippen molar-refractivity contribution in [1.29, 1.82) is 0 Å². The number of rotatable bonds is 7. The van der Waals surface area contributed by atoms with Gasteiger partial charge in [0, 0.05) is 26.3 Å². The van der Waals surface area contributed by atoms with E-state index in [9.17, 15) is 0 Å². The van der Waals surface area contributed by atoms with E-state index in [0.29, 0.717) is 11.5 Å². The van der Waals surface area contributed by atoms with Crippen molar-refractivity contribution in [2.24, 2.45) is 10.9 Å². The Hall–Kier alpha value is -2.24. The van der Waals surface area contributed by atoms with Gasteiger partial charge < -0.3 is 14.4 Å². The third-order valence-corrected chi connectivity index (χ3v) is 5.81. The van der Waals surface area contributed by atoms with Crippen molar-refractivity contribution in [2.45, 2.75) is 37.6 Å². The average molecular weight is 382 g/mol. The number of nitrogens with zero attached hydrogens (tertiary/aromatic N) is 2. The molecule has 5 heteroatoms. The molecule has 1 saturated carbocycles. The lowest BCUT2D eigenvalue weighted by Gasteiger charge is -2.41. The van der Waals surface area contributed by atoms with E-state index in [1.807, 2.05) is 55.7 Å². The molecule has 0 saturated heterocycles. The summed E-state index contributed by atoms with van der Waals surface area (Å²) < 4.78 is 26.7. The minimum atomic E-state index is -0.893. The van der Waals surface area contributed by atoms with Crippen molar-refractivity contribution in [3.8, 4) is 0 Å². The summed E-state index contributed by atoms with van der Waals surface area (Å²) in [7, 11) is 3.22.